The molecule has 0 unspecified atom stereocenters. The van der Waals surface area contributed by atoms with Crippen LogP contribution < -0.4 is 63.7 Å². The summed E-state index contributed by atoms with van der Waals surface area (Å²) < 4.78 is 0. The summed E-state index contributed by atoms with van der Waals surface area (Å²) in [7, 11) is -1.75. The Kier molecular flexibility index (Phi) is 37.3. The topological polar surface area (TPSA) is 0 Å². The Bertz CT molecular complexity index is 3220. The van der Waals surface area contributed by atoms with E-state index in [1.54, 1.807) is 0 Å². The van der Waals surface area contributed by atoms with Crippen LogP contribution in [0.2, 0.25) is 0 Å². The van der Waals surface area contributed by atoms with Gasteiger partial charge >= 0.3 is 0 Å². The van der Waals surface area contributed by atoms with Crippen molar-refractivity contribution in [1.82, 2.24) is 0 Å². The molecule has 0 aliphatic carbocycles. The maximum absolute atomic E-state index is 2.38. The summed E-state index contributed by atoms with van der Waals surface area (Å²) in [5.41, 5.74) is 0. The zero-order valence-electron chi connectivity index (χ0n) is 65.0. The van der Waals surface area contributed by atoms with Gasteiger partial charge in [-0.25, -0.2) is 0 Å². The van der Waals surface area contributed by atoms with Gasteiger partial charge in [0.25, 0.3) is 0 Å². The van der Waals surface area contributed by atoms with Crippen molar-refractivity contribution in [1.29, 1.82) is 0 Å². The predicted molar refractivity (Wildman–Crippen MR) is 473 cm³/mol. The zero-order chi connectivity index (χ0) is 73.8. The van der Waals surface area contributed by atoms with Gasteiger partial charge in [-0.15, -0.1) is 0 Å². The molecule has 0 aliphatic rings. The van der Waals surface area contributed by atoms with Gasteiger partial charge in [0.2, 0.25) is 0 Å². The molecule has 0 aromatic heterocycles. The molecule has 0 fully saturated rings. The molecule has 0 aliphatic heterocycles. The summed E-state index contributed by atoms with van der Waals surface area (Å²) in [6.07, 6.45) is 0. The molecular formula is C96H114P6Pd2. The second-order valence-corrected chi connectivity index (χ2v) is 49.3. The van der Waals surface area contributed by atoms with Gasteiger partial charge in [-0.2, -0.15) is 0 Å². The second-order valence-electron chi connectivity index (χ2n) is 31.1. The molecule has 548 valence electrons. The number of hydrogen-bond donors (Lipinski definition) is 0. The molecule has 104 heavy (non-hydrogen) atoms. The van der Waals surface area contributed by atoms with E-state index in [-0.39, 0.29) is 56.7 Å². The van der Waals surface area contributed by atoms with Crippen molar-refractivity contribution in [2.75, 3.05) is 0 Å². The van der Waals surface area contributed by atoms with Crippen LogP contribution in [-0.4, -0.2) is 30.9 Å². The number of hydrogen-bond acceptors (Lipinski definition) is 0. The fourth-order valence-corrected chi connectivity index (χ4v) is 36.0. The van der Waals surface area contributed by atoms with Crippen LogP contribution in [0.3, 0.4) is 0 Å². The average Bonchev–Trinajstić information content (AvgIpc) is 0.798. The Hall–Kier alpha value is -5.46. The Morgan fingerprint density at radius 1 is 0.125 bits per heavy atom. The smallest absolute Gasteiger partial charge is 0 e. The monoisotopic (exact) mass is 1660 g/mol. The molecule has 0 bridgehead atoms. The molecule has 0 atom stereocenters. The van der Waals surface area contributed by atoms with Crippen LogP contribution in [0.15, 0.2) is 364 Å². The maximum atomic E-state index is 2.38. The van der Waals surface area contributed by atoms with Crippen molar-refractivity contribution < 1.29 is 40.8 Å². The van der Waals surface area contributed by atoms with Gasteiger partial charge < -0.3 is 0 Å². The first-order valence-corrected chi connectivity index (χ1v) is 44.0. The summed E-state index contributed by atoms with van der Waals surface area (Å²) in [5, 5.41) is 19.5. The summed E-state index contributed by atoms with van der Waals surface area (Å²) >= 11 is 0. The van der Waals surface area contributed by atoms with Crippen molar-refractivity contribution in [3.05, 3.63) is 364 Å². The van der Waals surface area contributed by atoms with Crippen molar-refractivity contribution in [2.45, 2.75) is 156 Å². The molecule has 0 nitrogen and oxygen atoms in total. The number of rotatable bonds is 12. The minimum absolute atomic E-state index is 0. The molecule has 0 amide bonds. The fraction of sp³-hybridized carbons (Fsp3) is 0.250. The standard InChI is InChI=1S/4C18H15P.2C12H27P.2Pd/c4*1-4-10-16(11-5-1)19(17-12-6-2-7-13-17)18-14-8-3-9-15-18;2*1-10(2,3)13(11(4,5)6)12(7,8)9;;/h4*1-15H;2*1-9H3;;. The molecular weight excluding hydrogens is 1550 g/mol. The van der Waals surface area contributed by atoms with E-state index in [1.807, 2.05) is 0 Å². The largest absolute Gasteiger partial charge is 0.0901 e. The first-order valence-electron chi connectivity index (χ1n) is 36.0. The SMILES string of the molecule is CC(C)(C)P(C(C)(C)C)C(C)(C)C.CC(C)(C)P(C(C)(C)C)C(C)(C)C.[Pd].[Pd].c1ccc(P(c2ccccc2)c2ccccc2)cc1.c1ccc(P(c2ccccc2)c2ccccc2)cc1.c1ccc(P(c2ccccc2)c2ccccc2)cc1.c1ccc(P(c2ccccc2)c2ccccc2)cc1. The van der Waals surface area contributed by atoms with Gasteiger partial charge in [0.1, 0.15) is 0 Å². The minimum atomic E-state index is -0.446. The van der Waals surface area contributed by atoms with E-state index >= 15 is 0 Å². The van der Waals surface area contributed by atoms with Crippen LogP contribution in [0.4, 0.5) is 0 Å². The Morgan fingerprint density at radius 2 is 0.192 bits per heavy atom. The summed E-state index contributed by atoms with van der Waals surface area (Å²) in [6.45, 7) is 42.9. The maximum Gasteiger partial charge on any atom is 0 e. The third-order valence-electron chi connectivity index (χ3n) is 16.2. The zero-order valence-corrected chi connectivity index (χ0v) is 73.4. The molecule has 12 rings (SSSR count). The van der Waals surface area contributed by atoms with E-state index in [9.17, 15) is 0 Å². The molecule has 12 aromatic carbocycles. The van der Waals surface area contributed by atoms with Gasteiger partial charge in [-0.05, 0) is 126 Å². The fourth-order valence-electron chi connectivity index (χ4n) is 14.8. The summed E-state index contributed by atoms with van der Waals surface area (Å²) in [5.74, 6) is 0. The summed E-state index contributed by atoms with van der Waals surface area (Å²) in [6, 6.07) is 129. The predicted octanol–water partition coefficient (Wildman–Crippen LogP) is 23.5. The Balaban J connectivity index is 0.000000225. The third kappa shape index (κ3) is 28.9. The van der Waals surface area contributed by atoms with Crippen LogP contribution in [0.25, 0.3) is 0 Å². The van der Waals surface area contributed by atoms with E-state index < -0.39 is 31.7 Å². The van der Waals surface area contributed by atoms with Crippen LogP contribution in [0, 0.1) is 0 Å². The normalized spacial score (nSPS) is 11.5. The molecule has 0 N–H and O–H groups in total. The molecule has 8 heteroatoms. The van der Waals surface area contributed by atoms with Crippen LogP contribution >= 0.6 is 47.5 Å². The average molecular weight is 1670 g/mol. The second kappa shape index (κ2) is 43.5. The Morgan fingerprint density at radius 3 is 0.240 bits per heavy atom. The van der Waals surface area contributed by atoms with Gasteiger partial charge in [0, 0.05) is 40.8 Å². The van der Waals surface area contributed by atoms with Crippen molar-refractivity contribution in [3.63, 3.8) is 0 Å². The first kappa shape index (κ1) is 89.2. The van der Waals surface area contributed by atoms with Crippen molar-refractivity contribution in [2.24, 2.45) is 0 Å². The van der Waals surface area contributed by atoms with Crippen LogP contribution in [-0.2, 0) is 40.8 Å². The van der Waals surface area contributed by atoms with Crippen molar-refractivity contribution >= 4 is 111 Å². The van der Waals surface area contributed by atoms with Crippen molar-refractivity contribution in [3.8, 4) is 0 Å². The van der Waals surface area contributed by atoms with Crippen LogP contribution in [0.5, 0.6) is 0 Å². The molecule has 0 radical (unpaired) electrons. The van der Waals surface area contributed by atoms with Crippen LogP contribution in [0.1, 0.15) is 125 Å². The molecule has 12 aromatic rings. The quantitative estimate of drug-likeness (QED) is 0.0845. The molecule has 0 saturated carbocycles. The van der Waals surface area contributed by atoms with E-state index in [0.717, 1.165) is 0 Å². The van der Waals surface area contributed by atoms with Gasteiger partial charge in [0.05, 0.1) is 0 Å². The van der Waals surface area contributed by atoms with Gasteiger partial charge in [-0.3, -0.25) is 0 Å². The first-order chi connectivity index (χ1) is 48.5. The molecule has 0 saturated heterocycles. The molecule has 0 spiro atoms. The third-order valence-corrected chi connectivity index (χ3v) is 34.0. The Labute approximate surface area is 665 Å². The van der Waals surface area contributed by atoms with Gasteiger partial charge in [-0.1, -0.05) is 504 Å². The molecule has 0 heterocycles. The summed E-state index contributed by atoms with van der Waals surface area (Å²) in [4.78, 5) is 0. The van der Waals surface area contributed by atoms with E-state index in [4.69, 9.17) is 0 Å². The number of benzene rings is 12. The van der Waals surface area contributed by atoms with E-state index in [1.165, 1.54) is 63.7 Å². The van der Waals surface area contributed by atoms with Gasteiger partial charge in [0.15, 0.2) is 0 Å². The minimum Gasteiger partial charge on any atom is -0.0901 e. The van der Waals surface area contributed by atoms with E-state index in [0.29, 0.717) is 30.9 Å². The van der Waals surface area contributed by atoms with E-state index in [2.05, 4.69) is 489 Å².